The minimum atomic E-state index is -0.152. The number of hydrogen-bond acceptors (Lipinski definition) is 3. The third kappa shape index (κ3) is 1.74. The van der Waals surface area contributed by atoms with E-state index in [4.69, 9.17) is 0 Å². The molecule has 0 saturated heterocycles. The van der Waals surface area contributed by atoms with Crippen LogP contribution < -0.4 is 0 Å². The summed E-state index contributed by atoms with van der Waals surface area (Å²) in [5.41, 5.74) is 4.42. The van der Waals surface area contributed by atoms with E-state index < -0.39 is 0 Å². The van der Waals surface area contributed by atoms with Gasteiger partial charge in [-0.15, -0.1) is 0 Å². The zero-order valence-corrected chi connectivity index (χ0v) is 10.6. The predicted octanol–water partition coefficient (Wildman–Crippen LogP) is 3.19. The number of hydrogen-bond donors (Lipinski definition) is 0. The average Bonchev–Trinajstić information content (AvgIpc) is 2.81. The van der Waals surface area contributed by atoms with Crippen LogP contribution in [0, 0.1) is 5.21 Å². The molecule has 0 bridgehead atoms. The van der Waals surface area contributed by atoms with Gasteiger partial charge in [0, 0.05) is 18.2 Å². The zero-order valence-electron chi connectivity index (χ0n) is 10.6. The first kappa shape index (κ1) is 11.7. The van der Waals surface area contributed by atoms with Crippen LogP contribution in [-0.4, -0.2) is 18.5 Å². The molecule has 94 valence electrons. The molecule has 19 heavy (non-hydrogen) atoms. The molecule has 1 atom stereocenters. The Morgan fingerprint density at radius 2 is 1.42 bits per heavy atom. The second-order valence-electron chi connectivity index (χ2n) is 4.47. The summed E-state index contributed by atoms with van der Waals surface area (Å²) in [4.78, 5) is 4.38. The lowest BCUT2D eigenvalue weighted by Crippen LogP contribution is -2.14. The van der Waals surface area contributed by atoms with Gasteiger partial charge in [0.15, 0.2) is 0 Å². The van der Waals surface area contributed by atoms with Crippen molar-refractivity contribution in [2.45, 2.75) is 5.92 Å². The molecule has 3 nitrogen and oxygen atoms in total. The summed E-state index contributed by atoms with van der Waals surface area (Å²) in [6.07, 6.45) is 0. The highest BCUT2D eigenvalue weighted by Crippen LogP contribution is 2.35. The molecular weight excluding hydrogens is 236 g/mol. The van der Waals surface area contributed by atoms with Crippen molar-refractivity contribution in [3.8, 4) is 0 Å². The van der Waals surface area contributed by atoms with Gasteiger partial charge in [0.25, 0.3) is 0 Å². The molecule has 0 amide bonds. The van der Waals surface area contributed by atoms with Crippen molar-refractivity contribution in [3.05, 3.63) is 76.5 Å². The second kappa shape index (κ2) is 4.69. The molecule has 0 saturated carbocycles. The third-order valence-corrected chi connectivity index (χ3v) is 3.50. The van der Waals surface area contributed by atoms with Crippen molar-refractivity contribution >= 4 is 11.4 Å². The summed E-state index contributed by atoms with van der Waals surface area (Å²) in [5.74, 6) is -0.152. The number of aliphatic imine (C=N–C) groups is 1. The van der Waals surface area contributed by atoms with Crippen LogP contribution >= 0.6 is 0 Å². The van der Waals surface area contributed by atoms with Crippen LogP contribution in [-0.2, 0) is 0 Å². The van der Waals surface area contributed by atoms with E-state index in [0.717, 1.165) is 22.4 Å². The van der Waals surface area contributed by atoms with Crippen molar-refractivity contribution in [1.29, 1.82) is 0 Å². The van der Waals surface area contributed by atoms with Crippen molar-refractivity contribution in [2.24, 2.45) is 10.1 Å². The molecular formula is C16H13N2O-. The lowest BCUT2D eigenvalue weighted by molar-refractivity contribution is 1.20. The van der Waals surface area contributed by atoms with E-state index in [0.29, 0.717) is 5.71 Å². The molecule has 0 heterocycles. The molecule has 0 N–H and O–H groups in total. The smallest absolute Gasteiger partial charge is 0.0685 e. The van der Waals surface area contributed by atoms with Gasteiger partial charge in [-0.2, -0.15) is 0 Å². The van der Waals surface area contributed by atoms with Crippen molar-refractivity contribution in [3.63, 3.8) is 0 Å². The van der Waals surface area contributed by atoms with Crippen LogP contribution in [0.25, 0.3) is 0 Å². The Morgan fingerprint density at radius 1 is 0.842 bits per heavy atom. The molecule has 0 radical (unpaired) electrons. The van der Waals surface area contributed by atoms with Crippen LogP contribution in [0.1, 0.15) is 22.6 Å². The van der Waals surface area contributed by atoms with E-state index in [-0.39, 0.29) is 5.92 Å². The van der Waals surface area contributed by atoms with E-state index in [9.17, 15) is 5.21 Å². The standard InChI is InChI=1S/C16H14N2O/c1-17-15-12-9-5-6-10-13(12)16(18-19)14(15)11-7-3-2-4-8-11/h2-10,14,19H,1H3/p-1/b17-15?,18-16-. The first-order valence-electron chi connectivity index (χ1n) is 6.18. The summed E-state index contributed by atoms with van der Waals surface area (Å²) in [7, 11) is 1.76. The zero-order chi connectivity index (χ0) is 13.2. The molecule has 0 aromatic heterocycles. The predicted molar refractivity (Wildman–Crippen MR) is 78.0 cm³/mol. The van der Waals surface area contributed by atoms with Gasteiger partial charge in [-0.1, -0.05) is 54.6 Å². The largest absolute Gasteiger partial charge is 0.792 e. The summed E-state index contributed by atoms with van der Waals surface area (Å²) < 4.78 is 0. The van der Waals surface area contributed by atoms with Gasteiger partial charge in [0.2, 0.25) is 0 Å². The Bertz CT molecular complexity index is 620. The molecule has 0 spiro atoms. The molecule has 0 aliphatic heterocycles. The van der Waals surface area contributed by atoms with Gasteiger partial charge in [-0.05, 0) is 5.56 Å². The Morgan fingerprint density at radius 3 is 2.00 bits per heavy atom. The van der Waals surface area contributed by atoms with Crippen LogP contribution in [0.3, 0.4) is 0 Å². The molecule has 1 aliphatic carbocycles. The number of nitrogens with zero attached hydrogens (tertiary/aromatic N) is 2. The SMILES string of the molecule is CN=C1c2ccccc2/C(=N/[O-])C1c1ccccc1. The topological polar surface area (TPSA) is 47.8 Å². The van der Waals surface area contributed by atoms with Gasteiger partial charge in [-0.3, -0.25) is 4.99 Å². The number of rotatable bonds is 1. The van der Waals surface area contributed by atoms with Gasteiger partial charge in [-0.25, -0.2) is 0 Å². The minimum absolute atomic E-state index is 0.152. The minimum Gasteiger partial charge on any atom is -0.792 e. The van der Waals surface area contributed by atoms with Gasteiger partial charge in [0.05, 0.1) is 17.3 Å². The third-order valence-electron chi connectivity index (χ3n) is 3.50. The summed E-state index contributed by atoms with van der Waals surface area (Å²) in [5, 5.41) is 14.5. The fourth-order valence-corrected chi connectivity index (χ4v) is 2.68. The maximum absolute atomic E-state index is 11.3. The van der Waals surface area contributed by atoms with Crippen LogP contribution in [0.4, 0.5) is 0 Å². The highest BCUT2D eigenvalue weighted by atomic mass is 16.4. The first-order valence-corrected chi connectivity index (χ1v) is 6.18. The average molecular weight is 249 g/mol. The Balaban J connectivity index is 2.22. The Labute approximate surface area is 111 Å². The van der Waals surface area contributed by atoms with Crippen LogP contribution in [0.15, 0.2) is 64.7 Å². The number of benzene rings is 2. The lowest BCUT2D eigenvalue weighted by atomic mass is 9.93. The highest BCUT2D eigenvalue weighted by molar-refractivity contribution is 6.33. The maximum Gasteiger partial charge on any atom is 0.0685 e. The summed E-state index contributed by atoms with van der Waals surface area (Å²) >= 11 is 0. The maximum atomic E-state index is 11.3. The lowest BCUT2D eigenvalue weighted by Gasteiger charge is -2.14. The normalized spacial score (nSPS) is 21.8. The van der Waals surface area contributed by atoms with Crippen LogP contribution in [0.5, 0.6) is 0 Å². The number of fused-ring (bicyclic) bond motifs is 1. The van der Waals surface area contributed by atoms with E-state index in [1.54, 1.807) is 7.05 Å². The summed E-state index contributed by atoms with van der Waals surface area (Å²) in [6.45, 7) is 0. The molecule has 1 unspecified atom stereocenters. The van der Waals surface area contributed by atoms with E-state index in [2.05, 4.69) is 10.1 Å². The van der Waals surface area contributed by atoms with Crippen molar-refractivity contribution in [2.75, 3.05) is 7.05 Å². The van der Waals surface area contributed by atoms with Gasteiger partial charge < -0.3 is 10.4 Å². The van der Waals surface area contributed by atoms with Crippen molar-refractivity contribution in [1.82, 2.24) is 0 Å². The molecule has 2 aromatic carbocycles. The quantitative estimate of drug-likeness (QED) is 0.716. The molecule has 3 rings (SSSR count). The fraction of sp³-hybridized carbons (Fsp3) is 0.125. The highest BCUT2D eigenvalue weighted by Gasteiger charge is 2.34. The molecule has 0 fully saturated rings. The molecule has 3 heteroatoms. The Kier molecular flexibility index (Phi) is 2.88. The monoisotopic (exact) mass is 249 g/mol. The van der Waals surface area contributed by atoms with Crippen molar-refractivity contribution < 1.29 is 0 Å². The first-order chi connectivity index (χ1) is 9.36. The van der Waals surface area contributed by atoms with Gasteiger partial charge >= 0.3 is 0 Å². The molecule has 1 aliphatic rings. The summed E-state index contributed by atoms with van der Waals surface area (Å²) in [6, 6.07) is 17.7. The van der Waals surface area contributed by atoms with E-state index in [1.807, 2.05) is 54.6 Å². The molecule has 2 aromatic rings. The Hall–Kier alpha value is -2.42. The van der Waals surface area contributed by atoms with Crippen LogP contribution in [0.2, 0.25) is 0 Å². The second-order valence-corrected chi connectivity index (χ2v) is 4.47. The van der Waals surface area contributed by atoms with E-state index >= 15 is 0 Å². The van der Waals surface area contributed by atoms with Gasteiger partial charge in [0.1, 0.15) is 0 Å². The fourth-order valence-electron chi connectivity index (χ4n) is 2.68. The van der Waals surface area contributed by atoms with E-state index in [1.165, 1.54) is 0 Å².